The Hall–Kier alpha value is -2.04. The van der Waals surface area contributed by atoms with Crippen LogP contribution in [-0.4, -0.2) is 80.6 Å². The summed E-state index contributed by atoms with van der Waals surface area (Å²) in [7, 11) is 1.56. The predicted octanol–water partition coefficient (Wildman–Crippen LogP) is 2.15. The number of halogens is 1. The van der Waals surface area contributed by atoms with Gasteiger partial charge >= 0.3 is 5.97 Å². The van der Waals surface area contributed by atoms with Gasteiger partial charge in [0, 0.05) is 35.5 Å². The molecule has 2 bridgehead atoms. The van der Waals surface area contributed by atoms with Gasteiger partial charge in [-0.1, -0.05) is 22.0 Å². The number of fused-ring (bicyclic) bond motifs is 1. The van der Waals surface area contributed by atoms with E-state index >= 15 is 0 Å². The number of carboxylic acids is 1. The highest BCUT2D eigenvalue weighted by molar-refractivity contribution is 9.09. The van der Waals surface area contributed by atoms with Crippen molar-refractivity contribution in [3.05, 3.63) is 36.9 Å². The van der Waals surface area contributed by atoms with Crippen molar-refractivity contribution in [1.82, 2.24) is 4.90 Å². The van der Waals surface area contributed by atoms with Crippen molar-refractivity contribution in [2.24, 2.45) is 11.8 Å². The third-order valence-electron chi connectivity index (χ3n) is 6.83. The summed E-state index contributed by atoms with van der Waals surface area (Å²) < 4.78 is 4.39. The van der Waals surface area contributed by atoms with Crippen molar-refractivity contribution in [2.45, 2.75) is 33.7 Å². The number of anilines is 1. The fraction of sp³-hybridized carbons (Fsp3) is 0.522. The van der Waals surface area contributed by atoms with Gasteiger partial charge in [-0.25, -0.2) is 0 Å². The molecule has 178 valence electrons. The summed E-state index contributed by atoms with van der Waals surface area (Å²) >= 11 is 5.09. The molecule has 3 saturated heterocycles. The van der Waals surface area contributed by atoms with E-state index in [9.17, 15) is 24.6 Å². The molecule has 2 amide bonds. The fourth-order valence-corrected chi connectivity index (χ4v) is 9.13. The maximum atomic E-state index is 14.1. The zero-order valence-electron chi connectivity index (χ0n) is 18.2. The van der Waals surface area contributed by atoms with Gasteiger partial charge in [0.25, 0.3) is 5.91 Å². The number of rotatable bonds is 9. The van der Waals surface area contributed by atoms with Gasteiger partial charge in [0.15, 0.2) is 0 Å². The summed E-state index contributed by atoms with van der Waals surface area (Å²) in [6.45, 7) is 4.09. The summed E-state index contributed by atoms with van der Waals surface area (Å²) in [5.41, 5.74) is 0.637. The van der Waals surface area contributed by atoms with Gasteiger partial charge in [0.2, 0.25) is 5.91 Å². The first-order valence-corrected chi connectivity index (χ1v) is 12.6. The first kappa shape index (κ1) is 24.1. The van der Waals surface area contributed by atoms with Gasteiger partial charge in [-0.05, 0) is 37.1 Å². The zero-order valence-corrected chi connectivity index (χ0v) is 20.6. The number of nitrogens with zero attached hydrogens (tertiary/aromatic N) is 2. The van der Waals surface area contributed by atoms with Crippen LogP contribution in [0.1, 0.15) is 12.8 Å². The molecule has 10 heteroatoms. The average molecular weight is 539 g/mol. The van der Waals surface area contributed by atoms with Crippen LogP contribution in [0.5, 0.6) is 5.75 Å². The Bertz CT molecular complexity index is 959. The van der Waals surface area contributed by atoms with Crippen LogP contribution >= 0.6 is 27.7 Å². The molecule has 1 spiro atoms. The zero-order chi connectivity index (χ0) is 23.9. The Morgan fingerprint density at radius 3 is 2.67 bits per heavy atom. The van der Waals surface area contributed by atoms with E-state index in [0.717, 1.165) is 0 Å². The lowest BCUT2D eigenvalue weighted by Crippen LogP contribution is -2.55. The molecule has 6 atom stereocenters. The monoisotopic (exact) mass is 538 g/mol. The van der Waals surface area contributed by atoms with Gasteiger partial charge < -0.3 is 24.7 Å². The summed E-state index contributed by atoms with van der Waals surface area (Å²) in [6, 6.07) is 6.23. The molecule has 3 aliphatic rings. The second kappa shape index (κ2) is 9.31. The van der Waals surface area contributed by atoms with E-state index in [4.69, 9.17) is 4.74 Å². The van der Waals surface area contributed by atoms with Crippen LogP contribution in [0.4, 0.5) is 5.69 Å². The number of benzene rings is 1. The summed E-state index contributed by atoms with van der Waals surface area (Å²) in [6.07, 6.45) is 2.46. The van der Waals surface area contributed by atoms with Gasteiger partial charge in [-0.3, -0.25) is 14.4 Å². The molecule has 33 heavy (non-hydrogen) atoms. The first-order chi connectivity index (χ1) is 15.8. The van der Waals surface area contributed by atoms with Gasteiger partial charge in [0.1, 0.15) is 11.8 Å². The van der Waals surface area contributed by atoms with Crippen LogP contribution in [-0.2, 0) is 14.4 Å². The highest BCUT2D eigenvalue weighted by Crippen LogP contribution is 2.67. The van der Waals surface area contributed by atoms with E-state index in [1.54, 1.807) is 42.4 Å². The highest BCUT2D eigenvalue weighted by atomic mass is 79.9. The highest BCUT2D eigenvalue weighted by Gasteiger charge is 2.76. The SMILES string of the molecule is C=CCN(C(=O)C1N(CCCO)C(=O)[C@@H]2[C@H](C(=O)O)[C@H]3SC12CC3Br)c1ccc(OC)cc1. The second-order valence-corrected chi connectivity index (χ2v) is 11.3. The Balaban J connectivity index is 1.77. The number of thioether (sulfide) groups is 1. The Morgan fingerprint density at radius 1 is 1.39 bits per heavy atom. The molecule has 3 fully saturated rings. The predicted molar refractivity (Wildman–Crippen MR) is 129 cm³/mol. The molecule has 4 rings (SSSR count). The molecule has 0 aliphatic carbocycles. The first-order valence-electron chi connectivity index (χ1n) is 10.8. The average Bonchev–Trinajstić information content (AvgIpc) is 3.39. The lowest BCUT2D eigenvalue weighted by molar-refractivity contribution is -0.148. The molecular weight excluding hydrogens is 512 g/mol. The number of hydrogen-bond acceptors (Lipinski definition) is 6. The largest absolute Gasteiger partial charge is 0.497 e. The standard InChI is InChI=1S/C23H27BrN2O6S/c1-3-9-25(13-5-7-14(32-2)8-6-13)21(29)19-23-12-15(24)18(33-23)16(22(30)31)17(23)20(28)26(19)10-4-11-27/h3,5-8,15-19,27H,1,4,9-12H2,2H3,(H,30,31)/t15?,16-,17-,18-,19?,23?/m0/s1. The number of hydrogen-bond donors (Lipinski definition) is 2. The van der Waals surface area contributed by atoms with Gasteiger partial charge in [-0.15, -0.1) is 18.3 Å². The van der Waals surface area contributed by atoms with Crippen LogP contribution in [0.25, 0.3) is 0 Å². The number of alkyl halides is 1. The number of amides is 2. The molecule has 3 heterocycles. The minimum Gasteiger partial charge on any atom is -0.497 e. The third-order valence-corrected chi connectivity index (χ3v) is 10.0. The molecular formula is C23H27BrN2O6S. The Labute approximate surface area is 205 Å². The molecule has 0 radical (unpaired) electrons. The summed E-state index contributed by atoms with van der Waals surface area (Å²) in [4.78, 5) is 42.9. The van der Waals surface area contributed by atoms with Crippen molar-refractivity contribution < 1.29 is 29.3 Å². The summed E-state index contributed by atoms with van der Waals surface area (Å²) in [5, 5.41) is 19.1. The van der Waals surface area contributed by atoms with E-state index in [1.807, 2.05) is 0 Å². The van der Waals surface area contributed by atoms with E-state index < -0.39 is 28.6 Å². The van der Waals surface area contributed by atoms with Crippen molar-refractivity contribution in [1.29, 1.82) is 0 Å². The topological polar surface area (TPSA) is 107 Å². The van der Waals surface area contributed by atoms with Crippen molar-refractivity contribution in [3.63, 3.8) is 0 Å². The lowest BCUT2D eigenvalue weighted by atomic mass is 9.71. The quantitative estimate of drug-likeness (QED) is 0.366. The Kier molecular flexibility index (Phi) is 6.80. The smallest absolute Gasteiger partial charge is 0.308 e. The fourth-order valence-electron chi connectivity index (χ4n) is 5.53. The normalized spacial score (nSPS) is 32.0. The minimum absolute atomic E-state index is 0.102. The van der Waals surface area contributed by atoms with E-state index in [0.29, 0.717) is 24.3 Å². The van der Waals surface area contributed by atoms with Crippen LogP contribution in [0, 0.1) is 11.8 Å². The molecule has 3 aliphatic heterocycles. The van der Waals surface area contributed by atoms with Gasteiger partial charge in [0.05, 0.1) is 23.7 Å². The number of methoxy groups -OCH3 is 1. The second-order valence-electron chi connectivity index (χ2n) is 8.55. The number of likely N-dealkylation sites (tertiary alicyclic amines) is 1. The van der Waals surface area contributed by atoms with Crippen LogP contribution in [0.3, 0.4) is 0 Å². The molecule has 0 aromatic heterocycles. The number of carboxylic acid groups (broad SMARTS) is 1. The summed E-state index contributed by atoms with van der Waals surface area (Å²) in [5.74, 6) is -2.56. The van der Waals surface area contributed by atoms with Gasteiger partial charge in [-0.2, -0.15) is 0 Å². The number of aliphatic hydroxyl groups is 1. The Morgan fingerprint density at radius 2 is 2.09 bits per heavy atom. The number of carbonyl (C=O) groups excluding carboxylic acids is 2. The molecule has 3 unspecified atom stereocenters. The molecule has 0 saturated carbocycles. The van der Waals surface area contributed by atoms with Crippen molar-refractivity contribution >= 4 is 51.2 Å². The third kappa shape index (κ3) is 3.76. The lowest BCUT2D eigenvalue weighted by Gasteiger charge is -2.37. The van der Waals surface area contributed by atoms with E-state index in [-0.39, 0.29) is 41.6 Å². The molecule has 2 N–H and O–H groups in total. The van der Waals surface area contributed by atoms with Crippen LogP contribution < -0.4 is 9.64 Å². The van der Waals surface area contributed by atoms with Crippen molar-refractivity contribution in [2.75, 3.05) is 31.7 Å². The van der Waals surface area contributed by atoms with Crippen LogP contribution in [0.15, 0.2) is 36.9 Å². The molecule has 8 nitrogen and oxygen atoms in total. The molecule has 1 aromatic rings. The number of aliphatic carboxylic acids is 1. The number of ether oxygens (including phenoxy) is 1. The maximum absolute atomic E-state index is 14.1. The number of carbonyl (C=O) groups is 3. The maximum Gasteiger partial charge on any atom is 0.308 e. The van der Waals surface area contributed by atoms with Crippen LogP contribution in [0.2, 0.25) is 0 Å². The number of aliphatic hydroxyl groups excluding tert-OH is 1. The minimum atomic E-state index is -1.01. The molecule has 1 aromatic carbocycles. The van der Waals surface area contributed by atoms with E-state index in [1.165, 1.54) is 16.7 Å². The van der Waals surface area contributed by atoms with Crippen molar-refractivity contribution in [3.8, 4) is 5.75 Å². The van der Waals surface area contributed by atoms with E-state index in [2.05, 4.69) is 22.5 Å².